The Hall–Kier alpha value is -3.58. The molecule has 0 atom stereocenters. The molecule has 0 unspecified atom stereocenters. The van der Waals surface area contributed by atoms with Crippen LogP contribution in [-0.2, 0) is 4.79 Å². The molecular formula is C25H21BrN2O4. The standard InChI is InChI=1S/C25H21BrN2O4/c1-15(29)27-18-6-8-19(9-7-18)28-21-14-24(32-22-11-5-17(26)13-20(21)22)16-4-10-23(30-2)25(12-16)31-3/h4-14H,1-3H3,(H,27,29). The van der Waals surface area contributed by atoms with Crippen molar-refractivity contribution < 1.29 is 18.7 Å². The molecule has 0 aliphatic rings. The van der Waals surface area contributed by atoms with Crippen molar-refractivity contribution in [3.63, 3.8) is 0 Å². The molecular weight excluding hydrogens is 472 g/mol. The molecule has 162 valence electrons. The molecule has 0 aliphatic carbocycles. The van der Waals surface area contributed by atoms with E-state index in [1.807, 2.05) is 66.7 Å². The van der Waals surface area contributed by atoms with E-state index in [0.29, 0.717) is 22.8 Å². The predicted octanol–water partition coefficient (Wildman–Crippen LogP) is 6.07. The predicted molar refractivity (Wildman–Crippen MR) is 128 cm³/mol. The summed E-state index contributed by atoms with van der Waals surface area (Å²) in [6.07, 6.45) is 0. The number of nitrogens with zero attached hydrogens (tertiary/aromatic N) is 1. The number of rotatable bonds is 5. The SMILES string of the molecule is COc1ccc(-c2cc(=Nc3ccc(NC(C)=O)cc3)c3cc(Br)ccc3o2)cc1OC. The molecule has 0 saturated heterocycles. The van der Waals surface area contributed by atoms with Crippen molar-refractivity contribution in [2.45, 2.75) is 6.92 Å². The van der Waals surface area contributed by atoms with Crippen molar-refractivity contribution in [1.82, 2.24) is 0 Å². The molecule has 0 radical (unpaired) electrons. The second kappa shape index (κ2) is 9.28. The maximum atomic E-state index is 11.3. The van der Waals surface area contributed by atoms with E-state index < -0.39 is 0 Å². The minimum absolute atomic E-state index is 0.116. The molecule has 32 heavy (non-hydrogen) atoms. The Morgan fingerprint density at radius 3 is 2.38 bits per heavy atom. The molecule has 6 nitrogen and oxygen atoms in total. The van der Waals surface area contributed by atoms with Crippen molar-refractivity contribution in [2.24, 2.45) is 4.99 Å². The van der Waals surface area contributed by atoms with Gasteiger partial charge in [0.1, 0.15) is 11.3 Å². The average Bonchev–Trinajstić information content (AvgIpc) is 2.79. The molecule has 4 rings (SSSR count). The van der Waals surface area contributed by atoms with Gasteiger partial charge in [-0.2, -0.15) is 0 Å². The van der Waals surface area contributed by atoms with Crippen molar-refractivity contribution in [3.8, 4) is 22.8 Å². The zero-order chi connectivity index (χ0) is 22.7. The van der Waals surface area contributed by atoms with Gasteiger partial charge in [0.15, 0.2) is 11.5 Å². The number of fused-ring (bicyclic) bond motifs is 1. The number of halogens is 1. The third kappa shape index (κ3) is 4.68. The van der Waals surface area contributed by atoms with E-state index >= 15 is 0 Å². The van der Waals surface area contributed by atoms with E-state index in [-0.39, 0.29) is 5.91 Å². The number of nitrogens with one attached hydrogen (secondary N) is 1. The summed E-state index contributed by atoms with van der Waals surface area (Å²) in [7, 11) is 3.20. The van der Waals surface area contributed by atoms with Gasteiger partial charge in [0.2, 0.25) is 5.91 Å². The lowest BCUT2D eigenvalue weighted by Crippen LogP contribution is -2.05. The average molecular weight is 493 g/mol. The number of carbonyl (C=O) groups is 1. The first kappa shape index (κ1) is 21.6. The number of anilines is 1. The summed E-state index contributed by atoms with van der Waals surface area (Å²) in [5, 5.41) is 4.38. The largest absolute Gasteiger partial charge is 0.493 e. The van der Waals surface area contributed by atoms with Crippen LogP contribution in [0.1, 0.15) is 6.92 Å². The fourth-order valence-electron chi connectivity index (χ4n) is 3.33. The van der Waals surface area contributed by atoms with E-state index in [1.165, 1.54) is 6.92 Å². The monoisotopic (exact) mass is 492 g/mol. The molecule has 0 spiro atoms. The van der Waals surface area contributed by atoms with Gasteiger partial charge >= 0.3 is 0 Å². The highest BCUT2D eigenvalue weighted by atomic mass is 79.9. The van der Waals surface area contributed by atoms with E-state index in [9.17, 15) is 4.79 Å². The Bertz CT molecular complexity index is 1360. The third-order valence-corrected chi connectivity index (χ3v) is 5.30. The summed E-state index contributed by atoms with van der Waals surface area (Å²) in [5.41, 5.74) is 3.02. The second-order valence-electron chi connectivity index (χ2n) is 7.05. The van der Waals surface area contributed by atoms with Gasteiger partial charge in [-0.25, -0.2) is 4.99 Å². The van der Waals surface area contributed by atoms with E-state index in [0.717, 1.165) is 32.2 Å². The number of methoxy groups -OCH3 is 2. The van der Waals surface area contributed by atoms with Gasteiger partial charge in [0.05, 0.1) is 25.3 Å². The van der Waals surface area contributed by atoms with E-state index in [2.05, 4.69) is 21.2 Å². The number of amides is 1. The molecule has 0 fully saturated rings. The Morgan fingerprint density at radius 1 is 0.938 bits per heavy atom. The zero-order valence-corrected chi connectivity index (χ0v) is 19.4. The summed E-state index contributed by atoms with van der Waals surface area (Å²) in [6, 6.07) is 20.7. The Balaban J connectivity index is 1.87. The summed E-state index contributed by atoms with van der Waals surface area (Å²) >= 11 is 3.53. The summed E-state index contributed by atoms with van der Waals surface area (Å²) in [6.45, 7) is 1.48. The molecule has 1 aromatic heterocycles. The summed E-state index contributed by atoms with van der Waals surface area (Å²) in [5.74, 6) is 1.79. The maximum absolute atomic E-state index is 11.3. The Labute approximate surface area is 193 Å². The van der Waals surface area contributed by atoms with Crippen LogP contribution < -0.4 is 20.1 Å². The number of hydrogen-bond acceptors (Lipinski definition) is 5. The highest BCUT2D eigenvalue weighted by molar-refractivity contribution is 9.10. The molecule has 1 heterocycles. The number of carbonyl (C=O) groups excluding carboxylic acids is 1. The molecule has 7 heteroatoms. The smallest absolute Gasteiger partial charge is 0.221 e. The summed E-state index contributed by atoms with van der Waals surface area (Å²) in [4.78, 5) is 16.1. The molecule has 1 N–H and O–H groups in total. The lowest BCUT2D eigenvalue weighted by atomic mass is 10.1. The van der Waals surface area contributed by atoms with Crippen LogP contribution in [0.25, 0.3) is 22.3 Å². The lowest BCUT2D eigenvalue weighted by molar-refractivity contribution is -0.114. The highest BCUT2D eigenvalue weighted by Gasteiger charge is 2.11. The highest BCUT2D eigenvalue weighted by Crippen LogP contribution is 2.33. The van der Waals surface area contributed by atoms with Crippen LogP contribution >= 0.6 is 15.9 Å². The van der Waals surface area contributed by atoms with Crippen LogP contribution in [0, 0.1) is 0 Å². The van der Waals surface area contributed by atoms with Crippen LogP contribution in [0.5, 0.6) is 11.5 Å². The van der Waals surface area contributed by atoms with Gasteiger partial charge in [-0.15, -0.1) is 0 Å². The minimum atomic E-state index is -0.116. The second-order valence-corrected chi connectivity index (χ2v) is 7.96. The zero-order valence-electron chi connectivity index (χ0n) is 17.8. The number of hydrogen-bond donors (Lipinski definition) is 1. The first-order valence-electron chi connectivity index (χ1n) is 9.85. The van der Waals surface area contributed by atoms with Crippen LogP contribution in [0.2, 0.25) is 0 Å². The maximum Gasteiger partial charge on any atom is 0.221 e. The van der Waals surface area contributed by atoms with Gasteiger partial charge in [0, 0.05) is 34.1 Å². The van der Waals surface area contributed by atoms with Crippen molar-refractivity contribution in [1.29, 1.82) is 0 Å². The quantitative estimate of drug-likeness (QED) is 0.366. The molecule has 0 saturated carbocycles. The normalized spacial score (nSPS) is 11.4. The van der Waals surface area contributed by atoms with Crippen LogP contribution in [0.3, 0.4) is 0 Å². The fourth-order valence-corrected chi connectivity index (χ4v) is 3.69. The van der Waals surface area contributed by atoms with Crippen LogP contribution in [0.4, 0.5) is 11.4 Å². The lowest BCUT2D eigenvalue weighted by Gasteiger charge is -2.10. The molecule has 0 aliphatic heterocycles. The number of benzene rings is 3. The molecule has 4 aromatic rings. The Kier molecular flexibility index (Phi) is 6.28. The third-order valence-electron chi connectivity index (χ3n) is 4.81. The van der Waals surface area contributed by atoms with Crippen LogP contribution in [0.15, 0.2) is 80.6 Å². The fraction of sp³-hybridized carbons (Fsp3) is 0.120. The first-order chi connectivity index (χ1) is 15.5. The Morgan fingerprint density at radius 2 is 1.69 bits per heavy atom. The minimum Gasteiger partial charge on any atom is -0.493 e. The number of ether oxygens (including phenoxy) is 2. The van der Waals surface area contributed by atoms with Gasteiger partial charge < -0.3 is 19.2 Å². The van der Waals surface area contributed by atoms with E-state index in [4.69, 9.17) is 18.9 Å². The van der Waals surface area contributed by atoms with Gasteiger partial charge in [-0.1, -0.05) is 15.9 Å². The van der Waals surface area contributed by atoms with E-state index in [1.54, 1.807) is 14.2 Å². The molecule has 1 amide bonds. The van der Waals surface area contributed by atoms with Crippen molar-refractivity contribution in [2.75, 3.05) is 19.5 Å². The van der Waals surface area contributed by atoms with Gasteiger partial charge in [0.25, 0.3) is 0 Å². The van der Waals surface area contributed by atoms with Gasteiger partial charge in [-0.05, 0) is 60.7 Å². The van der Waals surface area contributed by atoms with Crippen molar-refractivity contribution >= 4 is 44.2 Å². The topological polar surface area (TPSA) is 73.1 Å². The van der Waals surface area contributed by atoms with Gasteiger partial charge in [-0.3, -0.25) is 4.79 Å². The summed E-state index contributed by atoms with van der Waals surface area (Å²) < 4.78 is 17.9. The molecule has 0 bridgehead atoms. The molecule has 3 aromatic carbocycles. The van der Waals surface area contributed by atoms with Crippen molar-refractivity contribution in [3.05, 3.63) is 76.6 Å². The first-order valence-corrected chi connectivity index (χ1v) is 10.6. The van der Waals surface area contributed by atoms with Crippen LogP contribution in [-0.4, -0.2) is 20.1 Å².